The standard InChI is InChI=1S/C15H21N3O2/c1-4-20-14-12(7-5-8-13(14)17)15(19)18(11(2)3)10-6-9-16/h5,7-8,11H,4,6,10,17H2,1-3H3. The number of nitriles is 1. The van der Waals surface area contributed by atoms with E-state index in [0.29, 0.717) is 36.6 Å². The number of hydrogen-bond acceptors (Lipinski definition) is 4. The Kier molecular flexibility index (Phi) is 5.85. The lowest BCUT2D eigenvalue weighted by atomic mass is 10.1. The van der Waals surface area contributed by atoms with Crippen molar-refractivity contribution >= 4 is 11.6 Å². The maximum absolute atomic E-state index is 12.6. The molecule has 0 heterocycles. The third-order valence-corrected chi connectivity index (χ3v) is 2.91. The average molecular weight is 275 g/mol. The molecule has 1 amide bonds. The highest BCUT2D eigenvalue weighted by Crippen LogP contribution is 2.28. The van der Waals surface area contributed by atoms with Gasteiger partial charge in [0.2, 0.25) is 0 Å². The van der Waals surface area contributed by atoms with Crippen LogP contribution in [0.1, 0.15) is 37.6 Å². The number of benzene rings is 1. The first-order valence-electron chi connectivity index (χ1n) is 6.72. The molecule has 0 atom stereocenters. The van der Waals surface area contributed by atoms with Crippen LogP contribution in [0.4, 0.5) is 5.69 Å². The van der Waals surface area contributed by atoms with Crippen molar-refractivity contribution in [2.24, 2.45) is 0 Å². The van der Waals surface area contributed by atoms with Crippen molar-refractivity contribution in [2.75, 3.05) is 18.9 Å². The lowest BCUT2D eigenvalue weighted by Crippen LogP contribution is -2.37. The summed E-state index contributed by atoms with van der Waals surface area (Å²) in [6, 6.07) is 7.20. The Morgan fingerprint density at radius 2 is 2.20 bits per heavy atom. The molecule has 0 fully saturated rings. The zero-order chi connectivity index (χ0) is 15.1. The summed E-state index contributed by atoms with van der Waals surface area (Å²) in [5, 5.41) is 8.70. The minimum Gasteiger partial charge on any atom is -0.491 e. The van der Waals surface area contributed by atoms with Crippen molar-refractivity contribution < 1.29 is 9.53 Å². The predicted molar refractivity (Wildman–Crippen MR) is 78.4 cm³/mol. The molecule has 5 nitrogen and oxygen atoms in total. The summed E-state index contributed by atoms with van der Waals surface area (Å²) in [7, 11) is 0. The van der Waals surface area contributed by atoms with Crippen LogP contribution >= 0.6 is 0 Å². The van der Waals surface area contributed by atoms with Crippen LogP contribution in [0.2, 0.25) is 0 Å². The molecule has 1 rings (SSSR count). The van der Waals surface area contributed by atoms with Crippen LogP contribution in [-0.2, 0) is 0 Å². The van der Waals surface area contributed by atoms with Crippen LogP contribution in [0.5, 0.6) is 5.75 Å². The Bertz CT molecular complexity index is 506. The normalized spacial score (nSPS) is 10.2. The van der Waals surface area contributed by atoms with E-state index in [9.17, 15) is 4.79 Å². The summed E-state index contributed by atoms with van der Waals surface area (Å²) < 4.78 is 5.49. The first kappa shape index (κ1) is 15.8. The number of para-hydroxylation sites is 1. The van der Waals surface area contributed by atoms with Gasteiger partial charge in [0.25, 0.3) is 5.91 Å². The highest BCUT2D eigenvalue weighted by Gasteiger charge is 2.22. The summed E-state index contributed by atoms with van der Waals surface area (Å²) in [6.07, 6.45) is 0.302. The molecule has 0 unspecified atom stereocenters. The Morgan fingerprint density at radius 1 is 1.50 bits per heavy atom. The molecule has 0 aliphatic rings. The largest absolute Gasteiger partial charge is 0.491 e. The van der Waals surface area contributed by atoms with E-state index in [2.05, 4.69) is 6.07 Å². The van der Waals surface area contributed by atoms with Gasteiger partial charge in [-0.25, -0.2) is 0 Å². The number of nitrogens with zero attached hydrogens (tertiary/aromatic N) is 2. The summed E-state index contributed by atoms with van der Waals surface area (Å²) in [5.74, 6) is 0.258. The minimum absolute atomic E-state index is 0.00626. The maximum atomic E-state index is 12.6. The van der Waals surface area contributed by atoms with Crippen LogP contribution in [0.15, 0.2) is 18.2 Å². The van der Waals surface area contributed by atoms with Crippen molar-refractivity contribution in [3.05, 3.63) is 23.8 Å². The number of ether oxygens (including phenoxy) is 1. The van der Waals surface area contributed by atoms with E-state index in [0.717, 1.165) is 0 Å². The molecule has 0 spiro atoms. The van der Waals surface area contributed by atoms with Crippen LogP contribution < -0.4 is 10.5 Å². The molecule has 0 aromatic heterocycles. The first-order chi connectivity index (χ1) is 9.52. The summed E-state index contributed by atoms with van der Waals surface area (Å²) in [6.45, 7) is 6.52. The Labute approximate surface area is 119 Å². The number of carbonyl (C=O) groups excluding carboxylic acids is 1. The second-order valence-corrected chi connectivity index (χ2v) is 4.66. The Morgan fingerprint density at radius 3 is 2.75 bits per heavy atom. The fourth-order valence-electron chi connectivity index (χ4n) is 1.95. The van der Waals surface area contributed by atoms with Gasteiger partial charge in [-0.3, -0.25) is 4.79 Å². The Balaban J connectivity index is 3.11. The van der Waals surface area contributed by atoms with Crippen LogP contribution in [0.25, 0.3) is 0 Å². The van der Waals surface area contributed by atoms with Crippen LogP contribution in [0, 0.1) is 11.3 Å². The first-order valence-corrected chi connectivity index (χ1v) is 6.72. The third kappa shape index (κ3) is 3.64. The number of nitrogens with two attached hydrogens (primary N) is 1. The van der Waals surface area contributed by atoms with Gasteiger partial charge in [-0.2, -0.15) is 5.26 Å². The van der Waals surface area contributed by atoms with Gasteiger partial charge in [0.05, 0.1) is 30.3 Å². The number of anilines is 1. The molecule has 108 valence electrons. The minimum atomic E-state index is -0.161. The third-order valence-electron chi connectivity index (χ3n) is 2.91. The number of rotatable bonds is 6. The highest BCUT2D eigenvalue weighted by atomic mass is 16.5. The van der Waals surface area contributed by atoms with Gasteiger partial charge >= 0.3 is 0 Å². The maximum Gasteiger partial charge on any atom is 0.257 e. The van der Waals surface area contributed by atoms with Gasteiger partial charge in [-0.1, -0.05) is 6.07 Å². The lowest BCUT2D eigenvalue weighted by Gasteiger charge is -2.27. The molecule has 0 aliphatic carbocycles. The molecule has 0 radical (unpaired) electrons. The number of hydrogen-bond donors (Lipinski definition) is 1. The van der Waals surface area contributed by atoms with E-state index in [1.165, 1.54) is 0 Å². The van der Waals surface area contributed by atoms with E-state index < -0.39 is 0 Å². The van der Waals surface area contributed by atoms with Crippen molar-refractivity contribution in [1.82, 2.24) is 4.90 Å². The molecule has 2 N–H and O–H groups in total. The van der Waals surface area contributed by atoms with Crippen LogP contribution in [0.3, 0.4) is 0 Å². The molecule has 0 saturated heterocycles. The lowest BCUT2D eigenvalue weighted by molar-refractivity contribution is 0.0706. The molecule has 0 bridgehead atoms. The van der Waals surface area contributed by atoms with E-state index >= 15 is 0 Å². The quantitative estimate of drug-likeness (QED) is 0.809. The fourth-order valence-corrected chi connectivity index (χ4v) is 1.95. The Hall–Kier alpha value is -2.22. The molecular formula is C15H21N3O2. The van der Waals surface area contributed by atoms with Gasteiger partial charge in [-0.05, 0) is 32.9 Å². The predicted octanol–water partition coefficient (Wildman–Crippen LogP) is 2.43. The smallest absolute Gasteiger partial charge is 0.257 e. The zero-order valence-corrected chi connectivity index (χ0v) is 12.2. The van der Waals surface area contributed by atoms with Crippen LogP contribution in [-0.4, -0.2) is 30.0 Å². The molecule has 20 heavy (non-hydrogen) atoms. The average Bonchev–Trinajstić information content (AvgIpc) is 2.41. The summed E-state index contributed by atoms with van der Waals surface area (Å²) >= 11 is 0. The van der Waals surface area contributed by atoms with E-state index in [1.807, 2.05) is 20.8 Å². The monoisotopic (exact) mass is 275 g/mol. The van der Waals surface area contributed by atoms with E-state index in [1.54, 1.807) is 23.1 Å². The second-order valence-electron chi connectivity index (χ2n) is 4.66. The molecular weight excluding hydrogens is 254 g/mol. The molecule has 1 aromatic carbocycles. The van der Waals surface area contributed by atoms with E-state index in [-0.39, 0.29) is 11.9 Å². The molecule has 0 saturated carbocycles. The van der Waals surface area contributed by atoms with E-state index in [4.69, 9.17) is 15.7 Å². The number of carbonyl (C=O) groups is 1. The van der Waals surface area contributed by atoms with Crippen molar-refractivity contribution in [3.63, 3.8) is 0 Å². The van der Waals surface area contributed by atoms with Gasteiger partial charge < -0.3 is 15.4 Å². The SMILES string of the molecule is CCOc1c(N)cccc1C(=O)N(CCC#N)C(C)C. The summed E-state index contributed by atoms with van der Waals surface area (Å²) in [5.41, 5.74) is 6.76. The molecule has 5 heteroatoms. The van der Waals surface area contributed by atoms with Gasteiger partial charge in [0, 0.05) is 12.6 Å². The molecule has 0 aliphatic heterocycles. The topological polar surface area (TPSA) is 79.3 Å². The molecule has 1 aromatic rings. The zero-order valence-electron chi connectivity index (χ0n) is 12.2. The van der Waals surface area contributed by atoms with Gasteiger partial charge in [-0.15, -0.1) is 0 Å². The van der Waals surface area contributed by atoms with Crippen molar-refractivity contribution in [2.45, 2.75) is 33.2 Å². The van der Waals surface area contributed by atoms with Crippen molar-refractivity contribution in [3.8, 4) is 11.8 Å². The number of nitrogen functional groups attached to an aromatic ring is 1. The van der Waals surface area contributed by atoms with Gasteiger partial charge in [0.15, 0.2) is 5.75 Å². The summed E-state index contributed by atoms with van der Waals surface area (Å²) in [4.78, 5) is 14.3. The highest BCUT2D eigenvalue weighted by molar-refractivity contribution is 5.98. The van der Waals surface area contributed by atoms with Crippen molar-refractivity contribution in [1.29, 1.82) is 5.26 Å². The van der Waals surface area contributed by atoms with Gasteiger partial charge in [0.1, 0.15) is 0 Å². The number of amides is 1. The second kappa shape index (κ2) is 7.39. The fraction of sp³-hybridized carbons (Fsp3) is 0.467.